The van der Waals surface area contributed by atoms with Crippen molar-refractivity contribution in [2.24, 2.45) is 0 Å². The van der Waals surface area contributed by atoms with E-state index in [2.05, 4.69) is 0 Å². The van der Waals surface area contributed by atoms with Crippen LogP contribution in [0.25, 0.3) is 0 Å². The molecule has 5 heteroatoms. The zero-order chi connectivity index (χ0) is 11.8. The van der Waals surface area contributed by atoms with Crippen molar-refractivity contribution in [3.8, 4) is 5.75 Å². The van der Waals surface area contributed by atoms with Crippen LogP contribution >= 0.6 is 8.58 Å². The number of carbonyl (C=O) groups is 1. The van der Waals surface area contributed by atoms with E-state index in [4.69, 9.17) is 9.47 Å². The van der Waals surface area contributed by atoms with Gasteiger partial charge in [0.2, 0.25) is 0 Å². The first-order valence-corrected chi connectivity index (χ1v) is 6.20. The van der Waals surface area contributed by atoms with E-state index in [1.54, 1.807) is 0 Å². The summed E-state index contributed by atoms with van der Waals surface area (Å²) in [5, 5.41) is 1.02. The van der Waals surface area contributed by atoms with Crippen molar-refractivity contribution in [2.45, 2.75) is 13.8 Å². The van der Waals surface area contributed by atoms with Gasteiger partial charge in [0.15, 0.2) is 0 Å². The van der Waals surface area contributed by atoms with Gasteiger partial charge in [0, 0.05) is 6.61 Å². The summed E-state index contributed by atoms with van der Waals surface area (Å²) in [4.78, 5) is 10.4. The summed E-state index contributed by atoms with van der Waals surface area (Å²) in [5.41, 5.74) is 1.07. The first-order chi connectivity index (χ1) is 7.77. The second-order valence-electron chi connectivity index (χ2n) is 3.23. The topological polar surface area (TPSA) is 35.5 Å². The van der Waals surface area contributed by atoms with Crippen molar-refractivity contribution in [3.63, 3.8) is 0 Å². The van der Waals surface area contributed by atoms with E-state index in [0.29, 0.717) is 28.4 Å². The summed E-state index contributed by atoms with van der Waals surface area (Å²) < 4.78 is 10.7. The molecule has 0 aliphatic carbocycles. The third kappa shape index (κ3) is 6.24. The Morgan fingerprint density at radius 1 is 1.35 bits per heavy atom. The molecule has 0 aliphatic rings. The first kappa shape index (κ1) is 16.7. The molecule has 17 heavy (non-hydrogen) atoms. The van der Waals surface area contributed by atoms with Gasteiger partial charge in [0.1, 0.15) is 12.4 Å². The molecule has 0 spiro atoms. The monoisotopic (exact) mass is 246 g/mol. The molecule has 1 aromatic rings. The third-order valence-electron chi connectivity index (χ3n) is 2.06. The zero-order valence-corrected chi connectivity index (χ0v) is 11.5. The second-order valence-corrected chi connectivity index (χ2v) is 4.18. The fourth-order valence-corrected chi connectivity index (χ4v) is 1.82. The van der Waals surface area contributed by atoms with E-state index in [1.807, 2.05) is 32.0 Å². The second kappa shape index (κ2) is 9.68. The van der Waals surface area contributed by atoms with Crippen LogP contribution in [0, 0.1) is 6.92 Å². The third-order valence-corrected chi connectivity index (χ3v) is 2.95. The summed E-state index contributed by atoms with van der Waals surface area (Å²) >= 11 is 0. The van der Waals surface area contributed by atoms with Gasteiger partial charge in [0.25, 0.3) is 0 Å². The van der Waals surface area contributed by atoms with Gasteiger partial charge < -0.3 is 22.8 Å². The Morgan fingerprint density at radius 3 is 2.71 bits per heavy atom. The van der Waals surface area contributed by atoms with E-state index >= 15 is 0 Å². The predicted molar refractivity (Wildman–Crippen MR) is 66.5 cm³/mol. The number of hydrogen-bond donors (Lipinski definition) is 0. The van der Waals surface area contributed by atoms with Gasteiger partial charge in [-0.1, -0.05) is 11.6 Å². The standard InChI is InChI=1S/C12H16O3P.Li/c1-3-14-6-7-15-11-4-5-12(16-9-13)10(2)8-11;/h4-5,8-9H,3,6-7H2,1-2H3;/q-1;+1. The summed E-state index contributed by atoms with van der Waals surface area (Å²) in [6.45, 7) is 5.79. The van der Waals surface area contributed by atoms with Crippen LogP contribution in [0.3, 0.4) is 0 Å². The molecule has 0 amide bonds. The molecular formula is C12H16LiO3P. The van der Waals surface area contributed by atoms with E-state index in [1.165, 1.54) is 0 Å². The average molecular weight is 246 g/mol. The minimum atomic E-state index is 0. The fourth-order valence-electron chi connectivity index (χ4n) is 1.28. The van der Waals surface area contributed by atoms with Crippen molar-refractivity contribution < 1.29 is 33.1 Å². The quantitative estimate of drug-likeness (QED) is 0.273. The molecule has 0 unspecified atom stereocenters. The number of hydrogen-bond acceptors (Lipinski definition) is 3. The van der Waals surface area contributed by atoms with Gasteiger partial charge in [-0.05, 0) is 32.0 Å². The summed E-state index contributed by atoms with van der Waals surface area (Å²) in [7, 11) is 0.703. The Kier molecular flexibility index (Phi) is 9.50. The summed E-state index contributed by atoms with van der Waals surface area (Å²) in [5.74, 6) is 0.821. The van der Waals surface area contributed by atoms with E-state index in [9.17, 15) is 4.79 Å². The van der Waals surface area contributed by atoms with Crippen molar-refractivity contribution in [3.05, 3.63) is 23.8 Å². The maximum atomic E-state index is 10.4. The Morgan fingerprint density at radius 2 is 2.12 bits per heavy atom. The Hall–Kier alpha value is -0.323. The molecule has 0 saturated heterocycles. The molecule has 88 valence electrons. The molecule has 0 N–H and O–H groups in total. The van der Waals surface area contributed by atoms with E-state index in [-0.39, 0.29) is 18.9 Å². The molecular weight excluding hydrogens is 230 g/mol. The molecule has 0 heterocycles. The molecule has 0 aromatic heterocycles. The molecule has 0 bridgehead atoms. The van der Waals surface area contributed by atoms with Gasteiger partial charge in [-0.3, -0.25) is 0 Å². The van der Waals surface area contributed by atoms with Crippen molar-refractivity contribution in [2.75, 3.05) is 19.8 Å². The van der Waals surface area contributed by atoms with Gasteiger partial charge >= 0.3 is 18.9 Å². The smallest absolute Gasteiger partial charge is 0.491 e. The molecule has 0 radical (unpaired) electrons. The van der Waals surface area contributed by atoms with Gasteiger partial charge in [-0.25, -0.2) is 0 Å². The minimum absolute atomic E-state index is 0. The Bertz CT molecular complexity index is 345. The van der Waals surface area contributed by atoms with Crippen LogP contribution in [0.5, 0.6) is 5.75 Å². The van der Waals surface area contributed by atoms with Gasteiger partial charge in [-0.2, -0.15) is 5.30 Å². The minimum Gasteiger partial charge on any atom is -0.491 e. The molecule has 1 rings (SSSR count). The van der Waals surface area contributed by atoms with Crippen LogP contribution in [0.4, 0.5) is 0 Å². The van der Waals surface area contributed by atoms with Crippen molar-refractivity contribution >= 4 is 19.9 Å². The van der Waals surface area contributed by atoms with E-state index < -0.39 is 0 Å². The number of aryl methyl sites for hydroxylation is 1. The number of ether oxygens (including phenoxy) is 2. The molecule has 1 aromatic carbocycles. The first-order valence-electron chi connectivity index (χ1n) is 5.23. The fraction of sp³-hybridized carbons (Fsp3) is 0.417. The average Bonchev–Trinajstić information content (AvgIpc) is 2.28. The van der Waals surface area contributed by atoms with Crippen LogP contribution in [-0.2, 0) is 9.53 Å². The van der Waals surface area contributed by atoms with E-state index in [0.717, 1.165) is 22.6 Å². The SMILES string of the molecule is CCOCCOc1ccc([P-]C=O)c(C)c1.[Li+]. The molecule has 0 saturated carbocycles. The summed E-state index contributed by atoms with van der Waals surface area (Å²) in [6.07, 6.45) is 0. The zero-order valence-electron chi connectivity index (χ0n) is 10.6. The summed E-state index contributed by atoms with van der Waals surface area (Å²) in [6, 6.07) is 6.63. The molecule has 3 nitrogen and oxygen atoms in total. The van der Waals surface area contributed by atoms with Crippen LogP contribution in [0.1, 0.15) is 12.5 Å². The molecule has 0 fully saturated rings. The Balaban J connectivity index is 0.00000256. The predicted octanol–water partition coefficient (Wildman–Crippen LogP) is -0.824. The van der Waals surface area contributed by atoms with Crippen molar-refractivity contribution in [1.82, 2.24) is 0 Å². The van der Waals surface area contributed by atoms with Crippen molar-refractivity contribution in [1.29, 1.82) is 0 Å². The van der Waals surface area contributed by atoms with Gasteiger partial charge in [0.05, 0.1) is 6.61 Å². The number of rotatable bonds is 7. The van der Waals surface area contributed by atoms with Crippen LogP contribution < -0.4 is 28.9 Å². The maximum Gasteiger partial charge on any atom is 1.00 e. The Labute approximate surface area is 116 Å². The number of benzene rings is 1. The number of carbonyl (C=O) groups excluding carboxylic acids is 1. The maximum absolute atomic E-state index is 10.4. The molecule has 0 aliphatic heterocycles. The van der Waals surface area contributed by atoms with Gasteiger partial charge in [-0.15, -0.1) is 0 Å². The normalized spacial score (nSPS) is 10.2. The van der Waals surface area contributed by atoms with Crippen LogP contribution in [0.15, 0.2) is 18.2 Å². The molecule has 0 atom stereocenters. The largest absolute Gasteiger partial charge is 1.00 e. The van der Waals surface area contributed by atoms with Crippen LogP contribution in [-0.4, -0.2) is 25.8 Å². The van der Waals surface area contributed by atoms with Crippen LogP contribution in [0.2, 0.25) is 0 Å².